The van der Waals surface area contributed by atoms with Crippen LogP contribution < -0.4 is 4.74 Å². The lowest BCUT2D eigenvalue weighted by Gasteiger charge is -2.09. The number of tetrazole rings is 1. The summed E-state index contributed by atoms with van der Waals surface area (Å²) in [5, 5.41) is 16.7. The summed E-state index contributed by atoms with van der Waals surface area (Å²) in [6.45, 7) is 4.02. The van der Waals surface area contributed by atoms with Gasteiger partial charge in [0.25, 0.3) is 0 Å². The quantitative estimate of drug-likeness (QED) is 0.458. The first-order valence-corrected chi connectivity index (χ1v) is 9.59. The third-order valence-corrected chi connectivity index (χ3v) is 5.09. The van der Waals surface area contributed by atoms with Gasteiger partial charge in [-0.1, -0.05) is 47.3 Å². The van der Waals surface area contributed by atoms with Crippen molar-refractivity contribution in [3.8, 4) is 22.8 Å². The summed E-state index contributed by atoms with van der Waals surface area (Å²) in [5.41, 5.74) is 3.91. The Kier molecular flexibility index (Phi) is 5.07. The highest BCUT2D eigenvalue weighted by Gasteiger charge is 2.16. The maximum Gasteiger partial charge on any atom is 0.237 e. The zero-order chi connectivity index (χ0) is 19.5. The lowest BCUT2D eigenvalue weighted by molar-refractivity contribution is 0.391. The molecule has 2 heterocycles. The fourth-order valence-corrected chi connectivity index (χ4v) is 3.48. The number of rotatable bonds is 6. The molecular formula is C19H18N6O2S. The predicted octanol–water partition coefficient (Wildman–Crippen LogP) is 3.63. The van der Waals surface area contributed by atoms with Crippen molar-refractivity contribution in [2.75, 3.05) is 7.11 Å². The standard InChI is InChI=1S/C19H18N6O2S/c1-12-8-9-16(26-3)15(10-12)25-19(21-23-24-25)28-11-17-20-18(22-27-17)14-7-5-4-6-13(14)2/h4-10H,11H2,1-3H3. The van der Waals surface area contributed by atoms with Crippen LogP contribution in [0.4, 0.5) is 0 Å². The minimum atomic E-state index is 0.452. The van der Waals surface area contributed by atoms with Gasteiger partial charge in [0.2, 0.25) is 16.9 Å². The molecule has 9 heteroatoms. The van der Waals surface area contributed by atoms with Crippen molar-refractivity contribution in [3.05, 3.63) is 59.5 Å². The van der Waals surface area contributed by atoms with Crippen molar-refractivity contribution >= 4 is 11.8 Å². The highest BCUT2D eigenvalue weighted by molar-refractivity contribution is 7.98. The number of ether oxygens (including phenoxy) is 1. The first-order valence-electron chi connectivity index (χ1n) is 8.60. The van der Waals surface area contributed by atoms with Crippen molar-refractivity contribution in [1.29, 1.82) is 0 Å². The number of benzene rings is 2. The Morgan fingerprint density at radius 1 is 1.14 bits per heavy atom. The summed E-state index contributed by atoms with van der Waals surface area (Å²) in [6, 6.07) is 13.8. The zero-order valence-electron chi connectivity index (χ0n) is 15.7. The molecule has 2 aromatic carbocycles. The molecule has 0 fully saturated rings. The van der Waals surface area contributed by atoms with E-state index in [2.05, 4.69) is 25.7 Å². The van der Waals surface area contributed by atoms with Gasteiger partial charge in [0.1, 0.15) is 11.4 Å². The van der Waals surface area contributed by atoms with E-state index in [0.717, 1.165) is 22.4 Å². The molecule has 142 valence electrons. The topological polar surface area (TPSA) is 91.8 Å². The van der Waals surface area contributed by atoms with Gasteiger partial charge in [0.05, 0.1) is 12.9 Å². The molecule has 0 atom stereocenters. The van der Waals surface area contributed by atoms with Crippen molar-refractivity contribution in [2.45, 2.75) is 24.8 Å². The van der Waals surface area contributed by atoms with Gasteiger partial charge in [-0.2, -0.15) is 9.67 Å². The molecule has 0 aliphatic carbocycles. The van der Waals surface area contributed by atoms with E-state index in [1.165, 1.54) is 11.8 Å². The van der Waals surface area contributed by atoms with Crippen LogP contribution in [-0.4, -0.2) is 37.5 Å². The Balaban J connectivity index is 1.54. The maximum atomic E-state index is 5.44. The molecule has 0 saturated carbocycles. The smallest absolute Gasteiger partial charge is 0.237 e. The summed E-state index contributed by atoms with van der Waals surface area (Å²) in [7, 11) is 1.62. The summed E-state index contributed by atoms with van der Waals surface area (Å²) >= 11 is 1.41. The monoisotopic (exact) mass is 394 g/mol. The summed E-state index contributed by atoms with van der Waals surface area (Å²) in [6.07, 6.45) is 0. The Bertz CT molecular complexity index is 1110. The van der Waals surface area contributed by atoms with Crippen molar-refractivity contribution < 1.29 is 9.26 Å². The summed E-state index contributed by atoms with van der Waals surface area (Å²) in [4.78, 5) is 4.49. The van der Waals surface area contributed by atoms with Gasteiger partial charge >= 0.3 is 0 Å². The molecule has 0 radical (unpaired) electrons. The number of aryl methyl sites for hydroxylation is 2. The zero-order valence-corrected chi connectivity index (χ0v) is 16.5. The molecule has 0 aliphatic rings. The van der Waals surface area contributed by atoms with Gasteiger partial charge in [-0.15, -0.1) is 5.10 Å². The van der Waals surface area contributed by atoms with Crippen LogP contribution in [0.15, 0.2) is 52.1 Å². The van der Waals surface area contributed by atoms with E-state index in [4.69, 9.17) is 9.26 Å². The van der Waals surface area contributed by atoms with Crippen molar-refractivity contribution in [3.63, 3.8) is 0 Å². The summed E-state index contributed by atoms with van der Waals surface area (Å²) < 4.78 is 12.5. The largest absolute Gasteiger partial charge is 0.494 e. The van der Waals surface area contributed by atoms with Crippen LogP contribution in [0.5, 0.6) is 5.75 Å². The number of hydrogen-bond donors (Lipinski definition) is 0. The molecule has 28 heavy (non-hydrogen) atoms. The highest BCUT2D eigenvalue weighted by Crippen LogP contribution is 2.28. The molecule has 0 saturated heterocycles. The molecule has 2 aromatic heterocycles. The van der Waals surface area contributed by atoms with Crippen LogP contribution in [0.3, 0.4) is 0 Å². The van der Waals surface area contributed by atoms with E-state index in [1.54, 1.807) is 11.8 Å². The number of hydrogen-bond acceptors (Lipinski definition) is 8. The van der Waals surface area contributed by atoms with Gasteiger partial charge in [0, 0.05) is 5.56 Å². The van der Waals surface area contributed by atoms with Gasteiger partial charge in [-0.25, -0.2) is 0 Å². The fraction of sp³-hybridized carbons (Fsp3) is 0.211. The van der Waals surface area contributed by atoms with Gasteiger partial charge < -0.3 is 9.26 Å². The van der Waals surface area contributed by atoms with Crippen LogP contribution in [0.25, 0.3) is 17.1 Å². The Hall–Kier alpha value is -3.20. The van der Waals surface area contributed by atoms with Crippen LogP contribution in [0.2, 0.25) is 0 Å². The van der Waals surface area contributed by atoms with Crippen molar-refractivity contribution in [1.82, 2.24) is 30.3 Å². The average Bonchev–Trinajstić information content (AvgIpc) is 3.36. The first kappa shape index (κ1) is 18.2. The van der Waals surface area contributed by atoms with E-state index in [9.17, 15) is 0 Å². The third-order valence-electron chi connectivity index (χ3n) is 4.18. The summed E-state index contributed by atoms with van der Waals surface area (Å²) in [5.74, 6) is 2.23. The first-order chi connectivity index (χ1) is 13.7. The minimum Gasteiger partial charge on any atom is -0.494 e. The Morgan fingerprint density at radius 2 is 2.00 bits per heavy atom. The molecule has 8 nitrogen and oxygen atoms in total. The average molecular weight is 394 g/mol. The SMILES string of the molecule is COc1ccc(C)cc1-n1nnnc1SCc1nc(-c2ccccc2C)no1. The minimum absolute atomic E-state index is 0.452. The lowest BCUT2D eigenvalue weighted by Crippen LogP contribution is -2.02. The molecule has 0 unspecified atom stereocenters. The fourth-order valence-electron chi connectivity index (χ4n) is 2.76. The Labute approximate surface area is 165 Å². The molecular weight excluding hydrogens is 376 g/mol. The number of methoxy groups -OCH3 is 1. The molecule has 0 amide bonds. The second kappa shape index (κ2) is 7.81. The van der Waals surface area contributed by atoms with Gasteiger partial charge in [-0.3, -0.25) is 0 Å². The number of aromatic nitrogens is 6. The second-order valence-electron chi connectivity index (χ2n) is 6.16. The van der Waals surface area contributed by atoms with Crippen LogP contribution in [-0.2, 0) is 5.75 Å². The molecule has 0 spiro atoms. The Morgan fingerprint density at radius 3 is 2.82 bits per heavy atom. The van der Waals surface area contributed by atoms with Crippen LogP contribution in [0, 0.1) is 13.8 Å². The molecule has 4 rings (SSSR count). The van der Waals surface area contributed by atoms with E-state index < -0.39 is 0 Å². The van der Waals surface area contributed by atoms with Crippen LogP contribution >= 0.6 is 11.8 Å². The van der Waals surface area contributed by atoms with E-state index in [1.807, 2.05) is 56.3 Å². The third kappa shape index (κ3) is 3.61. The van der Waals surface area contributed by atoms with Gasteiger partial charge in [0.15, 0.2) is 0 Å². The van der Waals surface area contributed by atoms with E-state index in [0.29, 0.717) is 28.4 Å². The lowest BCUT2D eigenvalue weighted by atomic mass is 10.1. The van der Waals surface area contributed by atoms with Crippen LogP contribution in [0.1, 0.15) is 17.0 Å². The highest BCUT2D eigenvalue weighted by atomic mass is 32.2. The molecule has 0 aliphatic heterocycles. The predicted molar refractivity (Wildman–Crippen MR) is 104 cm³/mol. The number of thioether (sulfide) groups is 1. The van der Waals surface area contributed by atoms with Gasteiger partial charge in [-0.05, 0) is 47.5 Å². The second-order valence-corrected chi connectivity index (χ2v) is 7.11. The van der Waals surface area contributed by atoms with Crippen molar-refractivity contribution in [2.24, 2.45) is 0 Å². The van der Waals surface area contributed by atoms with E-state index >= 15 is 0 Å². The molecule has 0 N–H and O–H groups in total. The van der Waals surface area contributed by atoms with E-state index in [-0.39, 0.29) is 0 Å². The number of nitrogens with zero attached hydrogens (tertiary/aromatic N) is 6. The maximum absolute atomic E-state index is 5.44. The molecule has 4 aromatic rings. The normalized spacial score (nSPS) is 11.0. The molecule has 0 bridgehead atoms.